The Labute approximate surface area is 34.0 Å². The average Bonchev–Trinajstić information content (AvgIpc) is 1.38. The molecule has 0 saturated carbocycles. The molecule has 0 radical (unpaired) electrons. The van der Waals surface area contributed by atoms with Gasteiger partial charge in [0, 0.05) is 0 Å². The zero-order valence-electron chi connectivity index (χ0n) is 3.16. The van der Waals surface area contributed by atoms with Crippen molar-refractivity contribution in [3.8, 4) is 0 Å². The molecule has 0 aromatic carbocycles. The third-order valence-corrected chi connectivity index (χ3v) is 0. The van der Waals surface area contributed by atoms with Gasteiger partial charge >= 0.3 is 33.5 Å². The second-order valence-corrected chi connectivity index (χ2v) is 2.38. The fourth-order valence-corrected chi connectivity index (χ4v) is 0. The van der Waals surface area contributed by atoms with Crippen molar-refractivity contribution < 1.29 is 6.30 Å². The van der Waals surface area contributed by atoms with Crippen molar-refractivity contribution in [2.75, 3.05) is 4.93 Å². The molecule has 1 nitrogen and oxygen atoms in total. The third-order valence-electron chi connectivity index (χ3n) is 0. The van der Waals surface area contributed by atoms with Crippen molar-refractivity contribution in [3.63, 3.8) is 0 Å². The molecule has 0 rings (SSSR count). The third kappa shape index (κ3) is 17.9. The Morgan fingerprint density at radius 2 is 2.75 bits per heavy atom. The molecule has 0 aliphatic rings. The van der Waals surface area contributed by atoms with Crippen molar-refractivity contribution in [2.45, 2.75) is 0 Å². The molecule has 0 aliphatic heterocycles. The summed E-state index contributed by atoms with van der Waals surface area (Å²) in [7, 11) is 0. The Bertz CT molecular complexity index is 25.6. The van der Waals surface area contributed by atoms with E-state index in [9.17, 15) is 2.86 Å². The van der Waals surface area contributed by atoms with Crippen LogP contribution in [0.2, 0.25) is 0 Å². The van der Waals surface area contributed by atoms with Crippen molar-refractivity contribution >= 4 is 20.8 Å². The Balaban J connectivity index is 2.54. The van der Waals surface area contributed by atoms with Gasteiger partial charge in [0.2, 0.25) is 0 Å². The topological polar surface area (TPSA) is 20.2 Å². The van der Waals surface area contributed by atoms with E-state index < -0.39 is 20.8 Å². The fraction of sp³-hybridized carbons (Fsp3) is 1.00. The summed E-state index contributed by atoms with van der Waals surface area (Å²) in [6.07, 6.45) is 0. The molecule has 1 N–H and O–H groups in total. The molecular weight excluding hydrogens is 174 g/mol. The summed E-state index contributed by atoms with van der Waals surface area (Å²) in [5, 5.41) is 0. The van der Waals surface area contributed by atoms with E-state index in [0.29, 0.717) is 0 Å². The van der Waals surface area contributed by atoms with Crippen LogP contribution in [-0.2, 0) is 0 Å². The predicted molar refractivity (Wildman–Crippen MR) is 23.3 cm³/mol. The van der Waals surface area contributed by atoms with E-state index in [1.165, 1.54) is 4.93 Å². The van der Waals surface area contributed by atoms with Gasteiger partial charge in [0.25, 0.3) is 0 Å². The Morgan fingerprint density at radius 3 is 2.75 bits per heavy atom. The molecular formula is CH4FIO. The molecule has 3 heteroatoms. The molecule has 0 aromatic rings. The minimum absolute atomic E-state index is 1.30. The van der Waals surface area contributed by atoms with Crippen LogP contribution in [0, 0.1) is 0 Å². The van der Waals surface area contributed by atoms with Crippen LogP contribution in [0.5, 0.6) is 0 Å². The molecule has 0 spiro atoms. The molecule has 0 atom stereocenters. The van der Waals surface area contributed by atoms with E-state index in [-0.39, 0.29) is 0 Å². The van der Waals surface area contributed by atoms with Gasteiger partial charge in [-0.25, -0.2) is 0 Å². The summed E-state index contributed by atoms with van der Waals surface area (Å²) in [6.45, 7) is 0. The summed E-state index contributed by atoms with van der Waals surface area (Å²) >= 11 is -2.62. The Kier molecular flexibility index (Phi) is 1.34. The Morgan fingerprint density at radius 1 is 2.50 bits per heavy atom. The zero-order valence-corrected chi connectivity index (χ0v) is 4.32. The fourth-order valence-electron chi connectivity index (χ4n) is 0. The van der Waals surface area contributed by atoms with Gasteiger partial charge < -0.3 is 0 Å². The van der Waals surface area contributed by atoms with Gasteiger partial charge in [0.15, 0.2) is 0 Å². The summed E-state index contributed by atoms with van der Waals surface area (Å²) in [4.78, 5) is 1.30. The molecule has 0 bridgehead atoms. The van der Waals surface area contributed by atoms with E-state index in [4.69, 9.17) is 1.43 Å². The maximum atomic E-state index is 11.2. The van der Waals surface area contributed by atoms with E-state index >= 15 is 0 Å². The first-order valence-corrected chi connectivity index (χ1v) is 4.53. The molecule has 0 aliphatic carbocycles. The molecule has 0 amide bonds. The van der Waals surface area contributed by atoms with Crippen LogP contribution in [0.4, 0.5) is 2.86 Å². The van der Waals surface area contributed by atoms with Crippen LogP contribution in [0.1, 0.15) is 0 Å². The number of hydrogen-bond donors (Lipinski definition) is 1. The second kappa shape index (κ2) is 1.90. The number of alkyl halides is 1. The summed E-state index contributed by atoms with van der Waals surface area (Å²) in [6, 6.07) is 0. The normalized spacial score (nSPS) is 14.5. The first-order valence-electron chi connectivity index (χ1n) is 1.08. The standard InChI is InChI=1S/CH4FIO/c1-3(2)4/h4H,1H3/i4T. The first kappa shape index (κ1) is 2.84. The van der Waals surface area contributed by atoms with E-state index in [2.05, 4.69) is 3.44 Å². The second-order valence-electron chi connectivity index (χ2n) is 0.355. The minimum atomic E-state index is -2.62. The van der Waals surface area contributed by atoms with Crippen LogP contribution in [-0.4, -0.2) is 9.80 Å². The first-order chi connectivity index (χ1) is 2.27. The number of rotatable bonds is 1. The quantitative estimate of drug-likeness (QED) is 0.469. The van der Waals surface area contributed by atoms with Crippen LogP contribution in [0.25, 0.3) is 0 Å². The summed E-state index contributed by atoms with van der Waals surface area (Å²) in [5.74, 6) is 0. The number of hydrogen-bond acceptors (Lipinski definition) is 1. The van der Waals surface area contributed by atoms with Crippen molar-refractivity contribution in [2.24, 2.45) is 0 Å². The van der Waals surface area contributed by atoms with Crippen LogP contribution >= 0.6 is 20.8 Å². The van der Waals surface area contributed by atoms with Crippen molar-refractivity contribution in [1.82, 2.24) is 0 Å². The van der Waals surface area contributed by atoms with E-state index in [1.54, 1.807) is 0 Å². The van der Waals surface area contributed by atoms with Gasteiger partial charge in [0.1, 0.15) is 0 Å². The summed E-state index contributed by atoms with van der Waals surface area (Å²) in [5.41, 5.74) is 0. The van der Waals surface area contributed by atoms with E-state index in [1.807, 2.05) is 0 Å². The van der Waals surface area contributed by atoms with Crippen molar-refractivity contribution in [1.29, 1.82) is 1.43 Å². The van der Waals surface area contributed by atoms with Crippen LogP contribution in [0.3, 0.4) is 0 Å². The maximum absolute atomic E-state index is 11.2. The Hall–Kier alpha value is 0.620. The van der Waals surface area contributed by atoms with Gasteiger partial charge in [-0.05, 0) is 0 Å². The SMILES string of the molecule is [3H]OI(C)F. The monoisotopic (exact) mass is 180 g/mol. The van der Waals surface area contributed by atoms with E-state index in [0.717, 1.165) is 0 Å². The van der Waals surface area contributed by atoms with Crippen molar-refractivity contribution in [3.05, 3.63) is 0 Å². The molecule has 0 saturated heterocycles. The predicted octanol–water partition coefficient (Wildman–Crippen LogP) is 0.914. The van der Waals surface area contributed by atoms with Gasteiger partial charge in [-0.15, -0.1) is 0 Å². The van der Waals surface area contributed by atoms with Crippen LogP contribution < -0.4 is 0 Å². The molecule has 0 aromatic heterocycles. The molecule has 0 fully saturated rings. The van der Waals surface area contributed by atoms with Gasteiger partial charge in [-0.3, -0.25) is 0 Å². The van der Waals surface area contributed by atoms with Gasteiger partial charge in [-0.1, -0.05) is 0 Å². The number of halogens is 2. The molecule has 28 valence electrons. The summed E-state index contributed by atoms with van der Waals surface area (Å²) < 4.78 is 20.5. The molecule has 0 unspecified atom stereocenters. The average molecular weight is 180 g/mol. The molecule has 4 heavy (non-hydrogen) atoms. The van der Waals surface area contributed by atoms with Gasteiger partial charge in [-0.2, -0.15) is 0 Å². The van der Waals surface area contributed by atoms with Crippen LogP contribution in [0.15, 0.2) is 0 Å². The molecule has 0 heterocycles. The zero-order chi connectivity index (χ0) is 4.28. The van der Waals surface area contributed by atoms with Gasteiger partial charge in [0.05, 0.1) is 0 Å².